The molecule has 27 heavy (non-hydrogen) atoms. The highest BCUT2D eigenvalue weighted by molar-refractivity contribution is 7.54. The zero-order valence-corrected chi connectivity index (χ0v) is 16.6. The molecule has 2 atom stereocenters. The van der Waals surface area contributed by atoms with Crippen LogP contribution in [-0.4, -0.2) is 36.2 Å². The molecule has 0 saturated carbocycles. The van der Waals surface area contributed by atoms with Crippen LogP contribution in [0, 0.1) is 10.1 Å². The molecule has 1 aliphatic heterocycles. The smallest absolute Gasteiger partial charge is 0.379 e. The first kappa shape index (κ1) is 21.6. The van der Waals surface area contributed by atoms with E-state index in [1.807, 2.05) is 0 Å². The minimum absolute atomic E-state index is 0.0668. The summed E-state index contributed by atoms with van der Waals surface area (Å²) in [5.41, 5.74) is -0.0668. The van der Waals surface area contributed by atoms with Crippen molar-refractivity contribution in [2.24, 2.45) is 0 Å². The number of rotatable bonds is 11. The highest BCUT2D eigenvalue weighted by Gasteiger charge is 2.35. The first-order valence-corrected chi connectivity index (χ1v) is 10.6. The molecule has 0 amide bonds. The Kier molecular flexibility index (Phi) is 7.56. The molecular weight excluding hydrogens is 373 g/mol. The maximum absolute atomic E-state index is 13.2. The Balaban J connectivity index is 2.01. The highest BCUT2D eigenvalue weighted by atomic mass is 31.2. The van der Waals surface area contributed by atoms with E-state index in [0.29, 0.717) is 13.0 Å². The molecule has 1 aromatic carbocycles. The SMILES string of the molecule is C=CCCCCP(=O)(OCC1COC(C)(C)O1)Oc1ccc([N+](=O)[O-])cc1. The van der Waals surface area contributed by atoms with Gasteiger partial charge in [-0.15, -0.1) is 6.58 Å². The van der Waals surface area contributed by atoms with Gasteiger partial charge >= 0.3 is 7.60 Å². The maximum atomic E-state index is 13.2. The van der Waals surface area contributed by atoms with Gasteiger partial charge in [0.15, 0.2) is 5.79 Å². The van der Waals surface area contributed by atoms with Crippen molar-refractivity contribution in [3.05, 3.63) is 47.0 Å². The quantitative estimate of drug-likeness (QED) is 0.175. The van der Waals surface area contributed by atoms with Crippen LogP contribution in [0.2, 0.25) is 0 Å². The largest absolute Gasteiger partial charge is 0.424 e. The first-order valence-electron chi connectivity index (χ1n) is 8.83. The second-order valence-electron chi connectivity index (χ2n) is 6.71. The second-order valence-corrected chi connectivity index (χ2v) is 8.82. The molecule has 1 aliphatic rings. The van der Waals surface area contributed by atoms with Gasteiger partial charge in [-0.25, -0.2) is 4.57 Å². The molecule has 1 saturated heterocycles. The number of ether oxygens (including phenoxy) is 2. The molecular formula is C18H26NO7P. The number of nitro groups is 1. The van der Waals surface area contributed by atoms with Crippen LogP contribution in [0.1, 0.15) is 33.1 Å². The molecule has 0 aliphatic carbocycles. The summed E-state index contributed by atoms with van der Waals surface area (Å²) in [6, 6.07) is 5.42. The van der Waals surface area contributed by atoms with Crippen molar-refractivity contribution in [1.29, 1.82) is 0 Å². The Bertz CT molecular complexity index is 689. The van der Waals surface area contributed by atoms with Crippen LogP contribution in [-0.2, 0) is 18.6 Å². The van der Waals surface area contributed by atoms with Gasteiger partial charge < -0.3 is 14.0 Å². The lowest BCUT2D eigenvalue weighted by Crippen LogP contribution is -2.24. The monoisotopic (exact) mass is 399 g/mol. The molecule has 8 nitrogen and oxygen atoms in total. The van der Waals surface area contributed by atoms with E-state index in [2.05, 4.69) is 6.58 Å². The predicted octanol–water partition coefficient (Wildman–Crippen LogP) is 4.69. The first-order chi connectivity index (χ1) is 12.7. The van der Waals surface area contributed by atoms with E-state index in [0.717, 1.165) is 12.8 Å². The topological polar surface area (TPSA) is 97.1 Å². The molecule has 9 heteroatoms. The van der Waals surface area contributed by atoms with Crippen LogP contribution in [0.15, 0.2) is 36.9 Å². The summed E-state index contributed by atoms with van der Waals surface area (Å²) in [7, 11) is -3.45. The predicted molar refractivity (Wildman–Crippen MR) is 101 cm³/mol. The minimum Gasteiger partial charge on any atom is -0.424 e. The number of benzene rings is 1. The number of nitrogens with zero attached hydrogens (tertiary/aromatic N) is 1. The van der Waals surface area contributed by atoms with Gasteiger partial charge in [0.1, 0.15) is 11.9 Å². The normalized spacial score (nSPS) is 20.7. The lowest BCUT2D eigenvalue weighted by molar-refractivity contribution is -0.384. The van der Waals surface area contributed by atoms with Crippen molar-refractivity contribution in [3.63, 3.8) is 0 Å². The third kappa shape index (κ3) is 7.07. The fraction of sp³-hybridized carbons (Fsp3) is 0.556. The fourth-order valence-corrected chi connectivity index (χ4v) is 4.28. The van der Waals surface area contributed by atoms with E-state index in [9.17, 15) is 14.7 Å². The summed E-state index contributed by atoms with van der Waals surface area (Å²) in [5, 5.41) is 10.8. The molecule has 0 N–H and O–H groups in total. The van der Waals surface area contributed by atoms with E-state index >= 15 is 0 Å². The average Bonchev–Trinajstić information content (AvgIpc) is 2.97. The molecule has 0 radical (unpaired) electrons. The van der Waals surface area contributed by atoms with E-state index in [4.69, 9.17) is 18.5 Å². The Morgan fingerprint density at radius 1 is 1.37 bits per heavy atom. The van der Waals surface area contributed by atoms with Crippen molar-refractivity contribution in [3.8, 4) is 5.75 Å². The Hall–Kier alpha value is -1.73. The number of unbranched alkanes of at least 4 members (excludes halogenated alkanes) is 2. The summed E-state index contributed by atoms with van der Waals surface area (Å²) in [4.78, 5) is 10.2. The van der Waals surface area contributed by atoms with Crippen LogP contribution >= 0.6 is 7.60 Å². The van der Waals surface area contributed by atoms with E-state index in [1.165, 1.54) is 24.3 Å². The summed E-state index contributed by atoms with van der Waals surface area (Å²) >= 11 is 0. The van der Waals surface area contributed by atoms with Crippen molar-refractivity contribution in [1.82, 2.24) is 0 Å². The maximum Gasteiger partial charge on any atom is 0.379 e. The molecule has 0 aromatic heterocycles. The van der Waals surface area contributed by atoms with Crippen LogP contribution in [0.5, 0.6) is 5.75 Å². The summed E-state index contributed by atoms with van der Waals surface area (Å²) in [6.07, 6.45) is 3.97. The summed E-state index contributed by atoms with van der Waals surface area (Å²) in [5.74, 6) is -0.433. The van der Waals surface area contributed by atoms with Gasteiger partial charge in [0.25, 0.3) is 5.69 Å². The number of hydrogen-bond donors (Lipinski definition) is 0. The van der Waals surface area contributed by atoms with Gasteiger partial charge in [-0.1, -0.05) is 6.08 Å². The minimum atomic E-state index is -3.45. The molecule has 2 unspecified atom stereocenters. The van der Waals surface area contributed by atoms with Gasteiger partial charge in [-0.3, -0.25) is 14.6 Å². The number of allylic oxidation sites excluding steroid dienone is 1. The van der Waals surface area contributed by atoms with Gasteiger partial charge in [-0.05, 0) is 45.2 Å². The van der Waals surface area contributed by atoms with Crippen molar-refractivity contribution in [2.75, 3.05) is 19.4 Å². The zero-order chi connectivity index (χ0) is 19.9. The highest BCUT2D eigenvalue weighted by Crippen LogP contribution is 2.49. The molecule has 0 bridgehead atoms. The fourth-order valence-electron chi connectivity index (χ4n) is 2.56. The molecule has 1 fully saturated rings. The van der Waals surface area contributed by atoms with Gasteiger partial charge in [-0.2, -0.15) is 0 Å². The molecule has 0 spiro atoms. The summed E-state index contributed by atoms with van der Waals surface area (Å²) < 4.78 is 35.6. The van der Waals surface area contributed by atoms with Crippen molar-refractivity contribution >= 4 is 13.3 Å². The number of nitro benzene ring substituents is 1. The third-order valence-electron chi connectivity index (χ3n) is 3.91. The molecule has 1 aromatic rings. The zero-order valence-electron chi connectivity index (χ0n) is 15.7. The van der Waals surface area contributed by atoms with Gasteiger partial charge in [0, 0.05) is 12.1 Å². The third-order valence-corrected chi connectivity index (χ3v) is 5.80. The molecule has 1 heterocycles. The number of hydrogen-bond acceptors (Lipinski definition) is 7. The van der Waals surface area contributed by atoms with E-state index < -0.39 is 18.3 Å². The molecule has 2 rings (SSSR count). The summed E-state index contributed by atoms with van der Waals surface area (Å²) in [6.45, 7) is 7.70. The Labute approximate surface area is 159 Å². The lowest BCUT2D eigenvalue weighted by Gasteiger charge is -2.22. The van der Waals surface area contributed by atoms with Crippen LogP contribution in [0.25, 0.3) is 0 Å². The molecule has 150 valence electrons. The van der Waals surface area contributed by atoms with Crippen LogP contribution in [0.4, 0.5) is 5.69 Å². The number of non-ortho nitro benzene ring substituents is 1. The lowest BCUT2D eigenvalue weighted by atomic mass is 10.2. The Morgan fingerprint density at radius 3 is 2.63 bits per heavy atom. The average molecular weight is 399 g/mol. The van der Waals surface area contributed by atoms with E-state index in [-0.39, 0.29) is 30.3 Å². The van der Waals surface area contributed by atoms with E-state index in [1.54, 1.807) is 19.9 Å². The Morgan fingerprint density at radius 2 is 2.07 bits per heavy atom. The van der Waals surface area contributed by atoms with Crippen molar-refractivity contribution in [2.45, 2.75) is 45.0 Å². The standard InChI is InChI=1S/C18H26NO7P/c1-4-5-6-7-12-27(22,24-14-17-13-23-18(2,3)25-17)26-16-10-8-15(9-11-16)19(20)21/h4,8-11,17H,1,5-7,12-14H2,2-3H3. The van der Waals surface area contributed by atoms with Gasteiger partial charge in [0.05, 0.1) is 24.3 Å². The van der Waals surface area contributed by atoms with Crippen LogP contribution in [0.3, 0.4) is 0 Å². The van der Waals surface area contributed by atoms with Crippen molar-refractivity contribution < 1.29 is 28.0 Å². The second kappa shape index (κ2) is 9.46. The van der Waals surface area contributed by atoms with Crippen LogP contribution < -0.4 is 4.52 Å². The van der Waals surface area contributed by atoms with Gasteiger partial charge in [0.2, 0.25) is 0 Å².